The molecule has 1 fully saturated rings. The van der Waals surface area contributed by atoms with Gasteiger partial charge in [-0.25, -0.2) is 4.79 Å². The summed E-state index contributed by atoms with van der Waals surface area (Å²) in [6.45, 7) is 2.66. The molecule has 2 atom stereocenters. The van der Waals surface area contributed by atoms with Crippen LogP contribution in [0.5, 0.6) is 0 Å². The predicted octanol–water partition coefficient (Wildman–Crippen LogP) is 4.80. The Morgan fingerprint density at radius 2 is 1.89 bits per heavy atom. The molecule has 3 aromatic heterocycles. The van der Waals surface area contributed by atoms with E-state index in [9.17, 15) is 4.79 Å². The van der Waals surface area contributed by atoms with Crippen LogP contribution in [0.15, 0.2) is 53.7 Å². The van der Waals surface area contributed by atoms with Crippen LogP contribution in [0.2, 0.25) is 0 Å². The number of hydrogen-bond acceptors (Lipinski definition) is 6. The lowest BCUT2D eigenvalue weighted by atomic mass is 10.00. The molecule has 1 N–H and O–H groups in total. The number of aryl methyl sites for hydroxylation is 1. The highest BCUT2D eigenvalue weighted by atomic mass is 16.5. The first-order chi connectivity index (χ1) is 18.2. The fourth-order valence-electron chi connectivity index (χ4n) is 5.45. The zero-order valence-corrected chi connectivity index (χ0v) is 21.6. The number of aromatic nitrogens is 7. The van der Waals surface area contributed by atoms with Gasteiger partial charge in [0, 0.05) is 37.0 Å². The summed E-state index contributed by atoms with van der Waals surface area (Å²) < 4.78 is 9.77. The fraction of sp³-hybridized carbons (Fsp3) is 0.464. The third-order valence-electron chi connectivity index (χ3n) is 7.48. The van der Waals surface area contributed by atoms with Crippen molar-refractivity contribution in [3.05, 3.63) is 70.7 Å². The minimum absolute atomic E-state index is 0.0438. The third-order valence-corrected chi connectivity index (χ3v) is 7.48. The number of benzene rings is 1. The molecule has 1 aromatic carbocycles. The van der Waals surface area contributed by atoms with Crippen molar-refractivity contribution in [1.29, 1.82) is 0 Å². The van der Waals surface area contributed by atoms with Crippen molar-refractivity contribution >= 4 is 0 Å². The Kier molecular flexibility index (Phi) is 7.89. The average molecular weight is 502 g/mol. The quantitative estimate of drug-likeness (QED) is 0.330. The van der Waals surface area contributed by atoms with Crippen molar-refractivity contribution in [2.75, 3.05) is 7.11 Å². The number of H-pyrrole nitrogens is 1. The number of ether oxygens (including phenoxy) is 1. The maximum Gasteiger partial charge on any atom is 0.329 e. The van der Waals surface area contributed by atoms with E-state index >= 15 is 0 Å². The standard InChI is InChI=1S/C28H35N7O2/c1-3-4-8-23-19-35(25-9-6-5-7-10-26(25)37-2)28(36)34(23)18-22-17-29-16-15-24(22)20-11-13-21(14-12-20)27-30-32-33-31-27/h11-17,19,25-26H,3-10,18H2,1-2H3,(H,30,31,32,33). The summed E-state index contributed by atoms with van der Waals surface area (Å²) >= 11 is 0. The van der Waals surface area contributed by atoms with Gasteiger partial charge in [0.25, 0.3) is 0 Å². The molecule has 0 aliphatic heterocycles. The van der Waals surface area contributed by atoms with Crippen molar-refractivity contribution in [2.45, 2.75) is 77.0 Å². The Balaban J connectivity index is 1.49. The predicted molar refractivity (Wildman–Crippen MR) is 142 cm³/mol. The lowest BCUT2D eigenvalue weighted by Crippen LogP contribution is -2.34. The van der Waals surface area contributed by atoms with Crippen molar-refractivity contribution in [2.24, 2.45) is 0 Å². The van der Waals surface area contributed by atoms with Gasteiger partial charge in [0.15, 0.2) is 0 Å². The Morgan fingerprint density at radius 1 is 1.08 bits per heavy atom. The second-order valence-corrected chi connectivity index (χ2v) is 9.83. The molecule has 194 valence electrons. The molecule has 0 bridgehead atoms. The number of rotatable bonds is 9. The molecule has 0 saturated heterocycles. The van der Waals surface area contributed by atoms with Gasteiger partial charge in [-0.1, -0.05) is 56.9 Å². The maximum atomic E-state index is 13.9. The molecule has 5 rings (SSSR count). The van der Waals surface area contributed by atoms with Crippen LogP contribution in [-0.2, 0) is 17.7 Å². The molecule has 1 saturated carbocycles. The van der Waals surface area contributed by atoms with Crippen molar-refractivity contribution in [3.63, 3.8) is 0 Å². The van der Waals surface area contributed by atoms with E-state index in [1.807, 2.05) is 45.7 Å². The topological polar surface area (TPSA) is 104 Å². The number of nitrogens with one attached hydrogen (secondary N) is 1. The summed E-state index contributed by atoms with van der Waals surface area (Å²) in [7, 11) is 1.77. The van der Waals surface area contributed by atoms with Crippen LogP contribution in [-0.4, -0.2) is 48.0 Å². The van der Waals surface area contributed by atoms with Gasteiger partial charge in [0.2, 0.25) is 5.82 Å². The maximum absolute atomic E-state index is 13.9. The number of imidazole rings is 1. The number of unbranched alkanes of at least 4 members (excludes halogenated alkanes) is 1. The van der Waals surface area contributed by atoms with E-state index in [4.69, 9.17) is 4.74 Å². The molecule has 9 heteroatoms. The first-order valence-corrected chi connectivity index (χ1v) is 13.3. The van der Waals surface area contributed by atoms with Crippen LogP contribution in [0.25, 0.3) is 22.5 Å². The van der Waals surface area contributed by atoms with Gasteiger partial charge in [-0.3, -0.25) is 14.1 Å². The normalized spacial score (nSPS) is 18.1. The lowest BCUT2D eigenvalue weighted by Gasteiger charge is -2.24. The molecule has 2 unspecified atom stereocenters. The summed E-state index contributed by atoms with van der Waals surface area (Å²) in [5, 5.41) is 14.2. The van der Waals surface area contributed by atoms with E-state index in [1.165, 1.54) is 6.42 Å². The number of methoxy groups -OCH3 is 1. The molecular weight excluding hydrogens is 466 g/mol. The lowest BCUT2D eigenvalue weighted by molar-refractivity contribution is 0.0500. The largest absolute Gasteiger partial charge is 0.379 e. The zero-order valence-electron chi connectivity index (χ0n) is 21.6. The van der Waals surface area contributed by atoms with Crippen LogP contribution >= 0.6 is 0 Å². The summed E-state index contributed by atoms with van der Waals surface area (Å²) in [6.07, 6.45) is 14.3. The summed E-state index contributed by atoms with van der Waals surface area (Å²) in [5.41, 5.74) is 5.13. The van der Waals surface area contributed by atoms with Gasteiger partial charge in [-0.05, 0) is 53.7 Å². The summed E-state index contributed by atoms with van der Waals surface area (Å²) in [6, 6.07) is 10.1. The Labute approximate surface area is 216 Å². The van der Waals surface area contributed by atoms with E-state index < -0.39 is 0 Å². The Hall–Kier alpha value is -3.59. The second-order valence-electron chi connectivity index (χ2n) is 9.83. The van der Waals surface area contributed by atoms with Gasteiger partial charge in [0.05, 0.1) is 18.7 Å². The van der Waals surface area contributed by atoms with Crippen LogP contribution in [0, 0.1) is 0 Å². The smallest absolute Gasteiger partial charge is 0.329 e. The first-order valence-electron chi connectivity index (χ1n) is 13.3. The van der Waals surface area contributed by atoms with Gasteiger partial charge in [0.1, 0.15) is 0 Å². The van der Waals surface area contributed by atoms with Crippen LogP contribution in [0.4, 0.5) is 0 Å². The second kappa shape index (κ2) is 11.6. The first kappa shape index (κ1) is 25.1. The number of pyridine rings is 1. The minimum Gasteiger partial charge on any atom is -0.379 e. The van der Waals surface area contributed by atoms with E-state index in [0.29, 0.717) is 12.4 Å². The van der Waals surface area contributed by atoms with Gasteiger partial charge in [-0.15, -0.1) is 10.2 Å². The highest BCUT2D eigenvalue weighted by Crippen LogP contribution is 2.30. The van der Waals surface area contributed by atoms with E-state index in [-0.39, 0.29) is 17.8 Å². The van der Waals surface area contributed by atoms with Crippen molar-refractivity contribution in [3.8, 4) is 22.5 Å². The van der Waals surface area contributed by atoms with Gasteiger partial charge < -0.3 is 4.74 Å². The van der Waals surface area contributed by atoms with Crippen molar-refractivity contribution in [1.82, 2.24) is 34.7 Å². The zero-order chi connectivity index (χ0) is 25.6. The van der Waals surface area contributed by atoms with Gasteiger partial charge >= 0.3 is 5.69 Å². The molecule has 0 amide bonds. The SMILES string of the molecule is CCCCc1cn(C2CCCCCC2OC)c(=O)n1Cc1cnccc1-c1ccc(-c2nn[nH]n2)cc1. The highest BCUT2D eigenvalue weighted by molar-refractivity contribution is 5.69. The van der Waals surface area contributed by atoms with E-state index in [1.54, 1.807) is 13.3 Å². The highest BCUT2D eigenvalue weighted by Gasteiger charge is 2.28. The average Bonchev–Trinajstić information content (AvgIpc) is 3.50. The minimum atomic E-state index is 0.0438. The third kappa shape index (κ3) is 5.41. The van der Waals surface area contributed by atoms with E-state index in [0.717, 1.165) is 72.9 Å². The number of aromatic amines is 1. The molecule has 0 spiro atoms. The number of hydrogen-bond donors (Lipinski definition) is 1. The molecule has 0 radical (unpaired) electrons. The number of tetrazole rings is 1. The number of nitrogens with zero attached hydrogens (tertiary/aromatic N) is 6. The Morgan fingerprint density at radius 3 is 2.65 bits per heavy atom. The fourth-order valence-corrected chi connectivity index (χ4v) is 5.45. The molecule has 3 heterocycles. The molecule has 9 nitrogen and oxygen atoms in total. The molecule has 37 heavy (non-hydrogen) atoms. The van der Waals surface area contributed by atoms with Crippen LogP contribution < -0.4 is 5.69 Å². The van der Waals surface area contributed by atoms with E-state index in [2.05, 4.69) is 38.7 Å². The Bertz CT molecular complexity index is 1340. The van der Waals surface area contributed by atoms with Gasteiger partial charge in [-0.2, -0.15) is 5.21 Å². The van der Waals surface area contributed by atoms with Crippen LogP contribution in [0.1, 0.15) is 69.2 Å². The summed E-state index contributed by atoms with van der Waals surface area (Å²) in [5.74, 6) is 0.558. The summed E-state index contributed by atoms with van der Waals surface area (Å²) in [4.78, 5) is 18.3. The van der Waals surface area contributed by atoms with Crippen molar-refractivity contribution < 1.29 is 4.74 Å². The molecule has 1 aliphatic carbocycles. The molecular formula is C28H35N7O2. The van der Waals surface area contributed by atoms with Crippen LogP contribution in [0.3, 0.4) is 0 Å². The molecule has 4 aromatic rings. The monoisotopic (exact) mass is 501 g/mol. The molecule has 1 aliphatic rings.